The van der Waals surface area contributed by atoms with Crippen LogP contribution in [0.15, 0.2) is 77.7 Å². The summed E-state index contributed by atoms with van der Waals surface area (Å²) in [6.45, 7) is 3.61. The van der Waals surface area contributed by atoms with Gasteiger partial charge < -0.3 is 5.32 Å². The Morgan fingerprint density at radius 3 is 2.26 bits per heavy atom. The first-order valence-corrected chi connectivity index (χ1v) is 11.4. The molecule has 0 aromatic heterocycles. The predicted molar refractivity (Wildman–Crippen MR) is 122 cm³/mol. The molecule has 162 valence electrons. The normalized spacial score (nSPS) is 11.4. The third kappa shape index (κ3) is 5.42. The average Bonchev–Trinajstić information content (AvgIpc) is 2.75. The lowest BCUT2D eigenvalue weighted by atomic mass is 10.0. The molecule has 3 rings (SSSR count). The lowest BCUT2D eigenvalue weighted by Crippen LogP contribution is -2.38. The van der Waals surface area contributed by atoms with E-state index in [0.717, 1.165) is 15.9 Å². The van der Waals surface area contributed by atoms with Gasteiger partial charge in [-0.05, 0) is 53.9 Å². The number of amides is 1. The van der Waals surface area contributed by atoms with Gasteiger partial charge in [-0.15, -0.1) is 0 Å². The molecule has 3 aromatic carbocycles. The summed E-state index contributed by atoms with van der Waals surface area (Å²) in [4.78, 5) is 12.8. The Morgan fingerprint density at radius 2 is 1.68 bits per heavy atom. The van der Waals surface area contributed by atoms with Crippen molar-refractivity contribution >= 4 is 38.9 Å². The minimum absolute atomic E-state index is 0.0700. The van der Waals surface area contributed by atoms with Crippen LogP contribution in [-0.2, 0) is 14.8 Å². The Bertz CT molecular complexity index is 1170. The number of nitrogens with one attached hydrogen (secondary N) is 1. The van der Waals surface area contributed by atoms with Crippen LogP contribution >= 0.6 is 11.6 Å². The molecule has 0 unspecified atom stereocenters. The van der Waals surface area contributed by atoms with E-state index in [9.17, 15) is 17.6 Å². The molecule has 0 radical (unpaired) electrons. The lowest BCUT2D eigenvalue weighted by molar-refractivity contribution is -0.114. The molecule has 0 saturated carbocycles. The van der Waals surface area contributed by atoms with Crippen molar-refractivity contribution in [2.45, 2.75) is 24.7 Å². The van der Waals surface area contributed by atoms with Gasteiger partial charge in [0.2, 0.25) is 5.91 Å². The van der Waals surface area contributed by atoms with Crippen LogP contribution in [0.1, 0.15) is 25.3 Å². The summed E-state index contributed by atoms with van der Waals surface area (Å²) in [5, 5.41) is 2.42. The van der Waals surface area contributed by atoms with Gasteiger partial charge >= 0.3 is 0 Å². The summed E-state index contributed by atoms with van der Waals surface area (Å²) in [5.41, 5.74) is 1.68. The van der Waals surface area contributed by atoms with E-state index in [-0.39, 0.29) is 21.5 Å². The number of anilines is 2. The summed E-state index contributed by atoms with van der Waals surface area (Å²) in [5.74, 6) is -0.923. The van der Waals surface area contributed by atoms with E-state index in [2.05, 4.69) is 5.32 Å². The van der Waals surface area contributed by atoms with Gasteiger partial charge in [0.15, 0.2) is 0 Å². The molecule has 0 aliphatic carbocycles. The Morgan fingerprint density at radius 1 is 1.03 bits per heavy atom. The molecule has 1 N–H and O–H groups in total. The van der Waals surface area contributed by atoms with Gasteiger partial charge in [0.25, 0.3) is 10.0 Å². The van der Waals surface area contributed by atoms with Crippen LogP contribution in [0, 0.1) is 5.82 Å². The Kier molecular flexibility index (Phi) is 6.97. The third-order valence-corrected chi connectivity index (χ3v) is 6.75. The largest absolute Gasteiger partial charge is 0.324 e. The van der Waals surface area contributed by atoms with E-state index < -0.39 is 28.3 Å². The molecule has 0 heterocycles. The minimum Gasteiger partial charge on any atom is -0.324 e. The molecule has 0 bridgehead atoms. The number of hydrogen-bond acceptors (Lipinski definition) is 3. The number of carbonyl (C=O) groups is 1. The molecule has 31 heavy (non-hydrogen) atoms. The minimum atomic E-state index is -4.00. The van der Waals surface area contributed by atoms with Gasteiger partial charge in [-0.25, -0.2) is 12.8 Å². The zero-order valence-corrected chi connectivity index (χ0v) is 18.6. The van der Waals surface area contributed by atoms with Crippen molar-refractivity contribution < 1.29 is 17.6 Å². The Labute approximate surface area is 186 Å². The fraction of sp³-hybridized carbons (Fsp3) is 0.174. The van der Waals surface area contributed by atoms with Crippen molar-refractivity contribution in [3.8, 4) is 0 Å². The Balaban J connectivity index is 1.93. The van der Waals surface area contributed by atoms with E-state index >= 15 is 0 Å². The van der Waals surface area contributed by atoms with E-state index in [4.69, 9.17) is 11.6 Å². The number of sulfonamides is 1. The van der Waals surface area contributed by atoms with Crippen molar-refractivity contribution in [3.05, 3.63) is 89.2 Å². The van der Waals surface area contributed by atoms with Crippen molar-refractivity contribution in [1.29, 1.82) is 0 Å². The smallest absolute Gasteiger partial charge is 0.264 e. The monoisotopic (exact) mass is 460 g/mol. The highest BCUT2D eigenvalue weighted by Crippen LogP contribution is 2.26. The van der Waals surface area contributed by atoms with Gasteiger partial charge in [-0.3, -0.25) is 9.10 Å². The van der Waals surface area contributed by atoms with Crippen molar-refractivity contribution in [1.82, 2.24) is 0 Å². The SMILES string of the molecule is CC(C)c1ccc(N(CC(=O)Nc2ccc(F)c(Cl)c2)S(=O)(=O)c2ccccc2)cc1. The maximum atomic E-state index is 13.4. The van der Waals surface area contributed by atoms with Crippen LogP contribution in [0.3, 0.4) is 0 Å². The zero-order chi connectivity index (χ0) is 22.6. The molecule has 3 aromatic rings. The first-order valence-electron chi connectivity index (χ1n) is 9.61. The highest BCUT2D eigenvalue weighted by Gasteiger charge is 2.27. The van der Waals surface area contributed by atoms with Crippen LogP contribution in [0.4, 0.5) is 15.8 Å². The highest BCUT2D eigenvalue weighted by atomic mass is 35.5. The fourth-order valence-corrected chi connectivity index (χ4v) is 4.59. The fourth-order valence-electron chi connectivity index (χ4n) is 2.97. The van der Waals surface area contributed by atoms with Gasteiger partial charge in [-0.1, -0.05) is 55.8 Å². The van der Waals surface area contributed by atoms with Crippen molar-refractivity contribution in [2.75, 3.05) is 16.2 Å². The summed E-state index contributed by atoms with van der Waals surface area (Å²) in [6, 6.07) is 18.7. The highest BCUT2D eigenvalue weighted by molar-refractivity contribution is 7.92. The van der Waals surface area contributed by atoms with E-state index in [0.29, 0.717) is 5.69 Å². The maximum Gasteiger partial charge on any atom is 0.264 e. The maximum absolute atomic E-state index is 13.4. The molecule has 5 nitrogen and oxygen atoms in total. The molecule has 0 fully saturated rings. The number of hydrogen-bond donors (Lipinski definition) is 1. The van der Waals surface area contributed by atoms with Gasteiger partial charge in [0.1, 0.15) is 12.4 Å². The number of rotatable bonds is 7. The first kappa shape index (κ1) is 22.8. The third-order valence-electron chi connectivity index (χ3n) is 4.67. The second-order valence-corrected chi connectivity index (χ2v) is 9.52. The van der Waals surface area contributed by atoms with Crippen LogP contribution in [0.25, 0.3) is 0 Å². The molecule has 0 aliphatic heterocycles. The second kappa shape index (κ2) is 9.49. The van der Waals surface area contributed by atoms with E-state index in [1.165, 1.54) is 24.3 Å². The van der Waals surface area contributed by atoms with Crippen LogP contribution in [0.5, 0.6) is 0 Å². The summed E-state index contributed by atoms with van der Waals surface area (Å²) in [7, 11) is -4.00. The second-order valence-electron chi connectivity index (χ2n) is 7.25. The van der Waals surface area contributed by atoms with Crippen LogP contribution in [0.2, 0.25) is 5.02 Å². The summed E-state index contributed by atoms with van der Waals surface area (Å²) < 4.78 is 41.0. The quantitative estimate of drug-likeness (QED) is 0.510. The molecule has 1 amide bonds. The molecular weight excluding hydrogens is 439 g/mol. The molecule has 0 spiro atoms. The predicted octanol–water partition coefficient (Wildman–Crippen LogP) is 5.44. The van der Waals surface area contributed by atoms with E-state index in [1.807, 2.05) is 26.0 Å². The molecule has 0 saturated heterocycles. The first-order chi connectivity index (χ1) is 14.7. The average molecular weight is 461 g/mol. The van der Waals surface area contributed by atoms with Gasteiger partial charge in [0.05, 0.1) is 15.6 Å². The number of nitrogens with zero attached hydrogens (tertiary/aromatic N) is 1. The van der Waals surface area contributed by atoms with E-state index in [1.54, 1.807) is 30.3 Å². The summed E-state index contributed by atoms with van der Waals surface area (Å²) in [6.07, 6.45) is 0. The Hall–Kier alpha value is -2.90. The topological polar surface area (TPSA) is 66.5 Å². The zero-order valence-electron chi connectivity index (χ0n) is 17.0. The van der Waals surface area contributed by atoms with Crippen molar-refractivity contribution in [2.24, 2.45) is 0 Å². The lowest BCUT2D eigenvalue weighted by Gasteiger charge is -2.24. The molecule has 8 heteroatoms. The number of halogens is 2. The van der Waals surface area contributed by atoms with Crippen LogP contribution in [-0.4, -0.2) is 20.9 Å². The standard InChI is InChI=1S/C23H22ClFN2O3S/c1-16(2)17-8-11-19(12-9-17)27(31(29,30)20-6-4-3-5-7-20)15-23(28)26-18-10-13-22(25)21(24)14-18/h3-14,16H,15H2,1-2H3,(H,26,28). The van der Waals surface area contributed by atoms with Gasteiger partial charge in [0, 0.05) is 5.69 Å². The molecule has 0 atom stereocenters. The molecular formula is C23H22ClFN2O3S. The number of carbonyl (C=O) groups excluding carboxylic acids is 1. The van der Waals surface area contributed by atoms with Crippen LogP contribution < -0.4 is 9.62 Å². The van der Waals surface area contributed by atoms with Gasteiger partial charge in [-0.2, -0.15) is 0 Å². The van der Waals surface area contributed by atoms with Crippen molar-refractivity contribution in [3.63, 3.8) is 0 Å². The molecule has 0 aliphatic rings. The summed E-state index contributed by atoms with van der Waals surface area (Å²) >= 11 is 5.76. The number of benzene rings is 3.